The number of halogens is 1. The first-order valence-corrected chi connectivity index (χ1v) is 9.04. The van der Waals surface area contributed by atoms with Crippen LogP contribution in [0.25, 0.3) is 0 Å². The molecule has 0 atom stereocenters. The average molecular weight is 334 g/mol. The summed E-state index contributed by atoms with van der Waals surface area (Å²) >= 11 is 1.57. The van der Waals surface area contributed by atoms with Crippen molar-refractivity contribution in [3.8, 4) is 0 Å². The lowest BCUT2D eigenvalue weighted by molar-refractivity contribution is 0.199. The lowest BCUT2D eigenvalue weighted by Crippen LogP contribution is -2.36. The van der Waals surface area contributed by atoms with Gasteiger partial charge in [0.15, 0.2) is 0 Å². The molecule has 1 saturated heterocycles. The number of piperidine rings is 1. The molecule has 4 nitrogen and oxygen atoms in total. The van der Waals surface area contributed by atoms with Crippen molar-refractivity contribution in [2.45, 2.75) is 26.2 Å². The van der Waals surface area contributed by atoms with Crippen molar-refractivity contribution < 1.29 is 4.39 Å². The number of anilines is 1. The molecule has 1 aromatic carbocycles. The largest absolute Gasteiger partial charge is 0.359 e. The zero-order valence-corrected chi connectivity index (χ0v) is 14.3. The molecule has 1 N–H and O–H groups in total. The summed E-state index contributed by atoms with van der Waals surface area (Å²) < 4.78 is 12.9. The van der Waals surface area contributed by atoms with Crippen LogP contribution in [0.1, 0.15) is 30.3 Å². The van der Waals surface area contributed by atoms with E-state index in [9.17, 15) is 4.39 Å². The molecular formula is C17H23FN4S. The Balaban J connectivity index is 1.43. The third-order valence-corrected chi connectivity index (χ3v) is 5.20. The van der Waals surface area contributed by atoms with E-state index >= 15 is 0 Å². The van der Waals surface area contributed by atoms with Crippen LogP contribution in [0.15, 0.2) is 24.3 Å². The van der Waals surface area contributed by atoms with Gasteiger partial charge < -0.3 is 10.2 Å². The van der Waals surface area contributed by atoms with Gasteiger partial charge in [0.05, 0.1) is 0 Å². The Kier molecular flexibility index (Phi) is 5.56. The van der Waals surface area contributed by atoms with Gasteiger partial charge in [0.2, 0.25) is 5.13 Å². The first-order valence-electron chi connectivity index (χ1n) is 8.22. The molecule has 1 aliphatic heterocycles. The van der Waals surface area contributed by atoms with Crippen molar-refractivity contribution in [3.63, 3.8) is 0 Å². The number of benzene rings is 1. The molecule has 1 aliphatic rings. The van der Waals surface area contributed by atoms with Crippen LogP contribution in [-0.2, 0) is 6.42 Å². The van der Waals surface area contributed by atoms with E-state index in [0.29, 0.717) is 6.42 Å². The molecule has 3 rings (SSSR count). The predicted molar refractivity (Wildman–Crippen MR) is 92.4 cm³/mol. The average Bonchev–Trinajstić information content (AvgIpc) is 2.99. The van der Waals surface area contributed by atoms with E-state index < -0.39 is 0 Å². The summed E-state index contributed by atoms with van der Waals surface area (Å²) in [5.74, 6) is 0.664. The van der Waals surface area contributed by atoms with Gasteiger partial charge in [0.1, 0.15) is 10.8 Å². The molecule has 0 bridgehead atoms. The second-order valence-electron chi connectivity index (χ2n) is 6.26. The number of likely N-dealkylation sites (tertiary alicyclic amines) is 1. The molecule has 0 radical (unpaired) electrons. The fraction of sp³-hybridized carbons (Fsp3) is 0.529. The predicted octanol–water partition coefficient (Wildman–Crippen LogP) is 3.41. The molecule has 0 aliphatic carbocycles. The maximum Gasteiger partial charge on any atom is 0.205 e. The van der Waals surface area contributed by atoms with Gasteiger partial charge in [-0.2, -0.15) is 0 Å². The fourth-order valence-corrected chi connectivity index (χ4v) is 3.58. The summed E-state index contributed by atoms with van der Waals surface area (Å²) in [5.41, 5.74) is 1.05. The van der Waals surface area contributed by atoms with Gasteiger partial charge in [0, 0.05) is 19.5 Å². The van der Waals surface area contributed by atoms with E-state index in [1.807, 2.05) is 0 Å². The first-order chi connectivity index (χ1) is 11.2. The molecule has 0 amide bonds. The standard InChI is InChI=1S/C17H23FN4S/c1-13-6-9-22(10-7-13)11-8-19-17-21-20-16(23-17)12-14-2-4-15(18)5-3-14/h2-5,13H,6-12H2,1H3,(H,19,21). The highest BCUT2D eigenvalue weighted by molar-refractivity contribution is 7.15. The van der Waals surface area contributed by atoms with E-state index in [0.717, 1.165) is 34.7 Å². The van der Waals surface area contributed by atoms with Gasteiger partial charge in [-0.15, -0.1) is 10.2 Å². The van der Waals surface area contributed by atoms with Gasteiger partial charge in [-0.3, -0.25) is 0 Å². The number of nitrogens with zero attached hydrogens (tertiary/aromatic N) is 3. The van der Waals surface area contributed by atoms with Crippen LogP contribution in [0.3, 0.4) is 0 Å². The Morgan fingerprint density at radius 3 is 2.70 bits per heavy atom. The van der Waals surface area contributed by atoms with Gasteiger partial charge in [-0.25, -0.2) is 4.39 Å². The maximum absolute atomic E-state index is 12.9. The summed E-state index contributed by atoms with van der Waals surface area (Å²) in [5, 5.41) is 13.6. The van der Waals surface area contributed by atoms with Crippen LogP contribution in [-0.4, -0.2) is 41.3 Å². The van der Waals surface area contributed by atoms with Crippen molar-refractivity contribution in [2.75, 3.05) is 31.5 Å². The molecule has 1 fully saturated rings. The monoisotopic (exact) mass is 334 g/mol. The van der Waals surface area contributed by atoms with E-state index in [1.165, 1.54) is 38.1 Å². The van der Waals surface area contributed by atoms with Crippen LogP contribution in [0.5, 0.6) is 0 Å². The molecule has 6 heteroatoms. The summed E-state index contributed by atoms with van der Waals surface area (Å²) in [7, 11) is 0. The van der Waals surface area contributed by atoms with Crippen molar-refractivity contribution in [1.29, 1.82) is 0 Å². The molecule has 0 spiro atoms. The van der Waals surface area contributed by atoms with E-state index in [4.69, 9.17) is 0 Å². The molecule has 1 aromatic heterocycles. The molecule has 2 aromatic rings. The van der Waals surface area contributed by atoms with Gasteiger partial charge in [-0.1, -0.05) is 30.4 Å². The zero-order chi connectivity index (χ0) is 16.1. The van der Waals surface area contributed by atoms with Gasteiger partial charge in [0.25, 0.3) is 0 Å². The lowest BCUT2D eigenvalue weighted by atomic mass is 9.99. The lowest BCUT2D eigenvalue weighted by Gasteiger charge is -2.29. The van der Waals surface area contributed by atoms with Crippen LogP contribution < -0.4 is 5.32 Å². The molecule has 0 saturated carbocycles. The number of nitrogens with one attached hydrogen (secondary N) is 1. The first kappa shape index (κ1) is 16.3. The number of rotatable bonds is 6. The summed E-state index contributed by atoms with van der Waals surface area (Å²) in [6.07, 6.45) is 3.31. The summed E-state index contributed by atoms with van der Waals surface area (Å²) in [6.45, 7) is 6.70. The molecule has 2 heterocycles. The van der Waals surface area contributed by atoms with Crippen LogP contribution in [0.2, 0.25) is 0 Å². The van der Waals surface area contributed by atoms with Crippen LogP contribution >= 0.6 is 11.3 Å². The Morgan fingerprint density at radius 1 is 1.22 bits per heavy atom. The van der Waals surface area contributed by atoms with Crippen molar-refractivity contribution >= 4 is 16.5 Å². The minimum absolute atomic E-state index is 0.208. The van der Waals surface area contributed by atoms with E-state index in [-0.39, 0.29) is 5.82 Å². The van der Waals surface area contributed by atoms with Crippen LogP contribution in [0.4, 0.5) is 9.52 Å². The normalized spacial score (nSPS) is 16.6. The van der Waals surface area contributed by atoms with Gasteiger partial charge >= 0.3 is 0 Å². The topological polar surface area (TPSA) is 41.0 Å². The molecular weight excluding hydrogens is 311 g/mol. The SMILES string of the molecule is CC1CCN(CCNc2nnc(Cc3ccc(F)cc3)s2)CC1. The second kappa shape index (κ2) is 7.84. The van der Waals surface area contributed by atoms with E-state index in [2.05, 4.69) is 27.3 Å². The van der Waals surface area contributed by atoms with E-state index in [1.54, 1.807) is 23.5 Å². The Bertz CT molecular complexity index is 605. The quantitative estimate of drug-likeness (QED) is 0.879. The Labute approximate surface area is 140 Å². The minimum atomic E-state index is -0.208. The number of hydrogen-bond acceptors (Lipinski definition) is 5. The summed E-state index contributed by atoms with van der Waals surface area (Å²) in [6, 6.07) is 6.55. The third-order valence-electron chi connectivity index (χ3n) is 4.32. The fourth-order valence-electron chi connectivity index (χ4n) is 2.78. The minimum Gasteiger partial charge on any atom is -0.359 e. The molecule has 23 heavy (non-hydrogen) atoms. The maximum atomic E-state index is 12.9. The highest BCUT2D eigenvalue weighted by Gasteiger charge is 2.15. The highest BCUT2D eigenvalue weighted by atomic mass is 32.1. The summed E-state index contributed by atoms with van der Waals surface area (Å²) in [4.78, 5) is 2.51. The Morgan fingerprint density at radius 2 is 1.96 bits per heavy atom. The van der Waals surface area contributed by atoms with Gasteiger partial charge in [-0.05, 0) is 49.5 Å². The zero-order valence-electron chi connectivity index (χ0n) is 13.5. The number of aromatic nitrogens is 2. The van der Waals surface area contributed by atoms with Crippen LogP contribution in [0, 0.1) is 11.7 Å². The third kappa shape index (κ3) is 4.97. The number of hydrogen-bond donors (Lipinski definition) is 1. The van der Waals surface area contributed by atoms with Crippen molar-refractivity contribution in [1.82, 2.24) is 15.1 Å². The molecule has 0 unspecified atom stereocenters. The Hall–Kier alpha value is -1.53. The molecule has 124 valence electrons. The van der Waals surface area contributed by atoms with Crippen molar-refractivity contribution in [3.05, 3.63) is 40.7 Å². The highest BCUT2D eigenvalue weighted by Crippen LogP contribution is 2.19. The second-order valence-corrected chi connectivity index (χ2v) is 7.32. The smallest absolute Gasteiger partial charge is 0.205 e. The van der Waals surface area contributed by atoms with Crippen molar-refractivity contribution in [2.24, 2.45) is 5.92 Å².